The molecule has 1 amide bonds. The maximum absolute atomic E-state index is 13.2. The fourth-order valence-corrected chi connectivity index (χ4v) is 3.46. The van der Waals surface area contributed by atoms with Crippen LogP contribution in [0.5, 0.6) is 0 Å². The van der Waals surface area contributed by atoms with E-state index in [9.17, 15) is 9.18 Å². The molecule has 30 heavy (non-hydrogen) atoms. The number of carbonyl (C=O) groups excluding carboxylic acids is 1. The molecule has 0 saturated heterocycles. The summed E-state index contributed by atoms with van der Waals surface area (Å²) in [4.78, 5) is 20.7. The lowest BCUT2D eigenvalue weighted by Gasteiger charge is -2.12. The van der Waals surface area contributed by atoms with Gasteiger partial charge in [-0.05, 0) is 50.6 Å². The Morgan fingerprint density at radius 3 is 2.50 bits per heavy atom. The minimum absolute atomic E-state index is 0.233. The Morgan fingerprint density at radius 2 is 1.80 bits per heavy atom. The molecule has 7 heteroatoms. The minimum atomic E-state index is -0.319. The third kappa shape index (κ3) is 3.74. The molecule has 4 aromatic rings. The van der Waals surface area contributed by atoms with E-state index >= 15 is 0 Å². The molecule has 1 unspecified atom stereocenters. The largest absolute Gasteiger partial charge is 0.342 e. The molecule has 0 saturated carbocycles. The number of benzene rings is 2. The lowest BCUT2D eigenvalue weighted by molar-refractivity contribution is 0.0937. The molecule has 0 fully saturated rings. The first kappa shape index (κ1) is 19.6. The number of hydrogen-bond acceptors (Lipinski definition) is 3. The van der Waals surface area contributed by atoms with Gasteiger partial charge in [-0.1, -0.05) is 30.3 Å². The van der Waals surface area contributed by atoms with Gasteiger partial charge < -0.3 is 10.3 Å². The van der Waals surface area contributed by atoms with Crippen LogP contribution in [0.1, 0.15) is 40.5 Å². The molecule has 152 valence electrons. The van der Waals surface area contributed by atoms with Crippen molar-refractivity contribution in [1.82, 2.24) is 25.1 Å². The summed E-state index contributed by atoms with van der Waals surface area (Å²) >= 11 is 0. The number of H-pyrrole nitrogens is 1. The summed E-state index contributed by atoms with van der Waals surface area (Å²) in [6, 6.07) is 15.6. The smallest absolute Gasteiger partial charge is 0.255 e. The van der Waals surface area contributed by atoms with Gasteiger partial charge in [-0.2, -0.15) is 5.10 Å². The van der Waals surface area contributed by atoms with Gasteiger partial charge in [-0.25, -0.2) is 14.1 Å². The molecule has 6 nitrogen and oxygen atoms in total. The highest BCUT2D eigenvalue weighted by Gasteiger charge is 2.22. The first-order valence-corrected chi connectivity index (χ1v) is 9.67. The second kappa shape index (κ2) is 7.94. The van der Waals surface area contributed by atoms with Gasteiger partial charge in [0.15, 0.2) is 0 Å². The zero-order valence-electron chi connectivity index (χ0n) is 17.0. The van der Waals surface area contributed by atoms with Gasteiger partial charge in [0.1, 0.15) is 11.6 Å². The molecule has 2 aromatic carbocycles. The Balaban J connectivity index is 1.54. The fourth-order valence-electron chi connectivity index (χ4n) is 3.46. The molecule has 0 bridgehead atoms. The van der Waals surface area contributed by atoms with E-state index in [2.05, 4.69) is 20.4 Å². The van der Waals surface area contributed by atoms with E-state index in [4.69, 9.17) is 0 Å². The van der Waals surface area contributed by atoms with Crippen molar-refractivity contribution in [2.45, 2.75) is 26.8 Å². The van der Waals surface area contributed by atoms with Crippen LogP contribution < -0.4 is 5.32 Å². The van der Waals surface area contributed by atoms with Gasteiger partial charge in [0, 0.05) is 0 Å². The first-order valence-electron chi connectivity index (χ1n) is 9.67. The van der Waals surface area contributed by atoms with Crippen molar-refractivity contribution < 1.29 is 9.18 Å². The SMILES string of the molecule is Cc1nn(-c2ccc(F)cc2)c(C)c1C(=O)NC(C)c1ncc(-c2ccccc2)[nH]1. The van der Waals surface area contributed by atoms with Crippen LogP contribution in [0.25, 0.3) is 16.9 Å². The third-order valence-electron chi connectivity index (χ3n) is 5.03. The normalized spacial score (nSPS) is 12.0. The van der Waals surface area contributed by atoms with Crippen LogP contribution in [0.3, 0.4) is 0 Å². The van der Waals surface area contributed by atoms with Crippen LogP contribution >= 0.6 is 0 Å². The summed E-state index contributed by atoms with van der Waals surface area (Å²) in [5.41, 5.74) is 4.41. The number of amides is 1. The van der Waals surface area contributed by atoms with Crippen molar-refractivity contribution >= 4 is 5.91 Å². The first-order chi connectivity index (χ1) is 14.4. The van der Waals surface area contributed by atoms with Gasteiger partial charge in [-0.3, -0.25) is 4.79 Å². The predicted octanol–water partition coefficient (Wildman–Crippen LogP) is 4.51. The number of aromatic amines is 1. The number of rotatable bonds is 5. The van der Waals surface area contributed by atoms with Crippen LogP contribution in [0.2, 0.25) is 0 Å². The van der Waals surface area contributed by atoms with Gasteiger partial charge in [0.2, 0.25) is 0 Å². The Labute approximate surface area is 173 Å². The quantitative estimate of drug-likeness (QED) is 0.515. The van der Waals surface area contributed by atoms with Crippen molar-refractivity contribution in [2.75, 3.05) is 0 Å². The van der Waals surface area contributed by atoms with Crippen LogP contribution in [0.4, 0.5) is 4.39 Å². The maximum atomic E-state index is 13.2. The molecule has 0 aliphatic rings. The predicted molar refractivity (Wildman–Crippen MR) is 113 cm³/mol. The average molecular weight is 403 g/mol. The number of aromatic nitrogens is 4. The summed E-state index contributed by atoms with van der Waals surface area (Å²) < 4.78 is 14.9. The van der Waals surface area contributed by atoms with Gasteiger partial charge in [-0.15, -0.1) is 0 Å². The Kier molecular flexibility index (Phi) is 5.18. The average Bonchev–Trinajstić information content (AvgIpc) is 3.34. The molecule has 0 aliphatic carbocycles. The topological polar surface area (TPSA) is 75.6 Å². The molecular formula is C23H22FN5O. The van der Waals surface area contributed by atoms with E-state index in [0.717, 1.165) is 11.3 Å². The molecule has 0 aliphatic heterocycles. The van der Waals surface area contributed by atoms with Gasteiger partial charge in [0.05, 0.1) is 40.6 Å². The number of imidazole rings is 1. The zero-order chi connectivity index (χ0) is 21.3. The Hall–Kier alpha value is -3.74. The number of nitrogens with zero attached hydrogens (tertiary/aromatic N) is 3. The van der Waals surface area contributed by atoms with Crippen LogP contribution in [0, 0.1) is 19.7 Å². The summed E-state index contributed by atoms with van der Waals surface area (Å²) in [5.74, 6) is 0.118. The Bertz CT molecular complexity index is 1180. The highest BCUT2D eigenvalue weighted by atomic mass is 19.1. The number of aryl methyl sites for hydroxylation is 1. The molecule has 4 rings (SSSR count). The van der Waals surface area contributed by atoms with Crippen LogP contribution in [0.15, 0.2) is 60.8 Å². The second-order valence-corrected chi connectivity index (χ2v) is 7.18. The third-order valence-corrected chi connectivity index (χ3v) is 5.03. The lowest BCUT2D eigenvalue weighted by Crippen LogP contribution is -2.28. The zero-order valence-corrected chi connectivity index (χ0v) is 17.0. The molecule has 2 N–H and O–H groups in total. The van der Waals surface area contributed by atoms with Crippen LogP contribution in [-0.2, 0) is 0 Å². The molecule has 2 heterocycles. The monoisotopic (exact) mass is 403 g/mol. The lowest BCUT2D eigenvalue weighted by atomic mass is 10.1. The van der Waals surface area contributed by atoms with Crippen molar-refractivity contribution in [3.05, 3.63) is 89.4 Å². The number of carbonyl (C=O) groups is 1. The molecule has 1 atom stereocenters. The molecule has 0 radical (unpaired) electrons. The van der Waals surface area contributed by atoms with Crippen molar-refractivity contribution in [2.24, 2.45) is 0 Å². The highest BCUT2D eigenvalue weighted by molar-refractivity contribution is 5.96. The summed E-state index contributed by atoms with van der Waals surface area (Å²) in [7, 11) is 0. The van der Waals surface area contributed by atoms with Crippen LogP contribution in [-0.4, -0.2) is 25.7 Å². The number of nitrogens with one attached hydrogen (secondary N) is 2. The minimum Gasteiger partial charge on any atom is -0.342 e. The van der Waals surface area contributed by atoms with E-state index in [1.165, 1.54) is 12.1 Å². The highest BCUT2D eigenvalue weighted by Crippen LogP contribution is 2.21. The molecule has 0 spiro atoms. The number of halogens is 1. The van der Waals surface area contributed by atoms with E-state index < -0.39 is 0 Å². The van der Waals surface area contributed by atoms with E-state index in [0.29, 0.717) is 28.5 Å². The molecular weight excluding hydrogens is 381 g/mol. The summed E-state index contributed by atoms with van der Waals surface area (Å²) in [5, 5.41) is 7.45. The second-order valence-electron chi connectivity index (χ2n) is 7.18. The Morgan fingerprint density at radius 1 is 1.10 bits per heavy atom. The van der Waals surface area contributed by atoms with Gasteiger partial charge in [0.25, 0.3) is 5.91 Å². The molecule has 2 aromatic heterocycles. The van der Waals surface area contributed by atoms with Crippen molar-refractivity contribution in [3.63, 3.8) is 0 Å². The summed E-state index contributed by atoms with van der Waals surface area (Å²) in [6.07, 6.45) is 1.76. The fraction of sp³-hybridized carbons (Fsp3) is 0.174. The van der Waals surface area contributed by atoms with E-state index in [-0.39, 0.29) is 17.8 Å². The van der Waals surface area contributed by atoms with E-state index in [1.807, 2.05) is 44.2 Å². The summed E-state index contributed by atoms with van der Waals surface area (Å²) in [6.45, 7) is 5.48. The van der Waals surface area contributed by atoms with E-state index in [1.54, 1.807) is 29.9 Å². The number of hydrogen-bond donors (Lipinski definition) is 2. The standard InChI is InChI=1S/C23H22FN5O/c1-14-21(16(3)29(28-14)19-11-9-18(24)10-12-19)23(30)26-15(2)22-25-13-20(27-22)17-7-5-4-6-8-17/h4-13,15H,1-3H3,(H,25,27)(H,26,30). The van der Waals surface area contributed by atoms with Crippen molar-refractivity contribution in [1.29, 1.82) is 0 Å². The van der Waals surface area contributed by atoms with Gasteiger partial charge >= 0.3 is 0 Å². The maximum Gasteiger partial charge on any atom is 0.255 e. The van der Waals surface area contributed by atoms with Crippen molar-refractivity contribution in [3.8, 4) is 16.9 Å².